The summed E-state index contributed by atoms with van der Waals surface area (Å²) in [6, 6.07) is 12.8. The highest BCUT2D eigenvalue weighted by Gasteiger charge is 2.16. The Bertz CT molecular complexity index is 481. The Hall–Kier alpha value is -1.06. The molecule has 3 heteroatoms. The molecule has 0 aliphatic heterocycles. The van der Waals surface area contributed by atoms with Gasteiger partial charge in [-0.2, -0.15) is 0 Å². The number of hydrogen-bond acceptors (Lipinski definition) is 2. The van der Waals surface area contributed by atoms with E-state index in [0.717, 1.165) is 16.7 Å². The van der Waals surface area contributed by atoms with Crippen molar-refractivity contribution < 1.29 is 4.42 Å². The van der Waals surface area contributed by atoms with Gasteiger partial charge in [-0.25, -0.2) is 0 Å². The molecule has 0 bridgehead atoms. The van der Waals surface area contributed by atoms with Gasteiger partial charge in [-0.05, 0) is 37.1 Å². The topological polar surface area (TPSA) is 25.2 Å². The summed E-state index contributed by atoms with van der Waals surface area (Å²) in [5.41, 5.74) is 1.27. The van der Waals surface area contributed by atoms with E-state index in [0.29, 0.717) is 0 Å². The molecule has 0 radical (unpaired) electrons. The highest BCUT2D eigenvalue weighted by molar-refractivity contribution is 9.10. The molecule has 0 aliphatic carbocycles. The van der Waals surface area contributed by atoms with E-state index in [2.05, 4.69) is 53.3 Å². The summed E-state index contributed by atoms with van der Waals surface area (Å²) in [5, 5.41) is 3.60. The second-order valence-electron chi connectivity index (χ2n) is 4.39. The number of halogens is 1. The summed E-state index contributed by atoms with van der Waals surface area (Å²) in [4.78, 5) is 0. The fourth-order valence-corrected chi connectivity index (χ4v) is 2.74. The lowest BCUT2D eigenvalue weighted by atomic mass is 10.1. The average Bonchev–Trinajstić information content (AvgIpc) is 2.90. The average molecular weight is 308 g/mol. The van der Waals surface area contributed by atoms with Crippen molar-refractivity contribution in [3.05, 3.63) is 58.5 Å². The molecule has 2 atom stereocenters. The van der Waals surface area contributed by atoms with Gasteiger partial charge >= 0.3 is 0 Å². The number of hydrogen-bond donors (Lipinski definition) is 1. The molecular formula is C15H18BrNO. The van der Waals surface area contributed by atoms with E-state index >= 15 is 0 Å². The van der Waals surface area contributed by atoms with Crippen molar-refractivity contribution in [1.82, 2.24) is 5.32 Å². The van der Waals surface area contributed by atoms with Crippen LogP contribution in [0.1, 0.15) is 43.7 Å². The van der Waals surface area contributed by atoms with Crippen molar-refractivity contribution in [2.24, 2.45) is 0 Å². The maximum absolute atomic E-state index is 5.48. The molecule has 2 nitrogen and oxygen atoms in total. The Morgan fingerprint density at radius 1 is 1.22 bits per heavy atom. The van der Waals surface area contributed by atoms with Gasteiger partial charge in [0.05, 0.1) is 12.3 Å². The maximum Gasteiger partial charge on any atom is 0.120 e. The Balaban J connectivity index is 2.11. The second kappa shape index (κ2) is 6.21. The van der Waals surface area contributed by atoms with Crippen molar-refractivity contribution in [2.45, 2.75) is 32.4 Å². The number of benzene rings is 1. The van der Waals surface area contributed by atoms with E-state index < -0.39 is 0 Å². The molecule has 18 heavy (non-hydrogen) atoms. The normalized spacial score (nSPS) is 14.4. The van der Waals surface area contributed by atoms with Crippen LogP contribution in [0.4, 0.5) is 0 Å². The van der Waals surface area contributed by atoms with Crippen molar-refractivity contribution >= 4 is 15.9 Å². The third kappa shape index (κ3) is 3.03. The van der Waals surface area contributed by atoms with Crippen LogP contribution >= 0.6 is 15.9 Å². The van der Waals surface area contributed by atoms with Crippen LogP contribution in [-0.4, -0.2) is 0 Å². The lowest BCUT2D eigenvalue weighted by Crippen LogP contribution is -2.24. The van der Waals surface area contributed by atoms with E-state index in [1.54, 1.807) is 6.26 Å². The fourth-order valence-electron chi connectivity index (χ4n) is 2.11. The minimum absolute atomic E-state index is 0.252. The Morgan fingerprint density at radius 2 is 2.00 bits per heavy atom. The Labute approximate surface area is 117 Å². The molecule has 2 rings (SSSR count). The van der Waals surface area contributed by atoms with Gasteiger partial charge in [0.2, 0.25) is 0 Å². The number of nitrogens with one attached hydrogen (secondary N) is 1. The first-order chi connectivity index (χ1) is 8.72. The molecule has 1 heterocycles. The maximum atomic E-state index is 5.48. The summed E-state index contributed by atoms with van der Waals surface area (Å²) >= 11 is 3.59. The molecule has 1 aromatic carbocycles. The van der Waals surface area contributed by atoms with Crippen LogP contribution in [-0.2, 0) is 0 Å². The molecule has 0 amide bonds. The van der Waals surface area contributed by atoms with Gasteiger partial charge in [0.15, 0.2) is 0 Å². The predicted octanol–water partition coefficient (Wildman–Crippen LogP) is 4.84. The first kappa shape index (κ1) is 13.4. The largest absolute Gasteiger partial charge is 0.468 e. The van der Waals surface area contributed by atoms with Gasteiger partial charge in [-0.1, -0.05) is 41.1 Å². The quantitative estimate of drug-likeness (QED) is 0.854. The van der Waals surface area contributed by atoms with Crippen LogP contribution in [0.3, 0.4) is 0 Å². The van der Waals surface area contributed by atoms with Gasteiger partial charge in [0.1, 0.15) is 5.76 Å². The van der Waals surface area contributed by atoms with Crippen LogP contribution in [0, 0.1) is 0 Å². The van der Waals surface area contributed by atoms with Crippen LogP contribution in [0.25, 0.3) is 0 Å². The van der Waals surface area contributed by atoms with E-state index in [9.17, 15) is 0 Å². The van der Waals surface area contributed by atoms with Crippen molar-refractivity contribution in [3.8, 4) is 0 Å². The smallest absolute Gasteiger partial charge is 0.120 e. The van der Waals surface area contributed by atoms with E-state index in [-0.39, 0.29) is 12.1 Å². The van der Waals surface area contributed by atoms with Gasteiger partial charge in [0.25, 0.3) is 0 Å². The van der Waals surface area contributed by atoms with Gasteiger partial charge in [-0.15, -0.1) is 0 Å². The molecule has 2 aromatic rings. The molecule has 1 unspecified atom stereocenters. The molecule has 96 valence electrons. The van der Waals surface area contributed by atoms with E-state index in [4.69, 9.17) is 4.42 Å². The van der Waals surface area contributed by atoms with Gasteiger partial charge in [0, 0.05) is 10.5 Å². The van der Waals surface area contributed by atoms with Crippen LogP contribution in [0.15, 0.2) is 51.6 Å². The van der Waals surface area contributed by atoms with Crippen molar-refractivity contribution in [2.75, 3.05) is 0 Å². The SMILES string of the molecule is CCC(N[C@@H](C)c1ccccc1Br)c1ccco1. The monoisotopic (exact) mass is 307 g/mol. The molecular weight excluding hydrogens is 290 g/mol. The second-order valence-corrected chi connectivity index (χ2v) is 5.24. The van der Waals surface area contributed by atoms with E-state index in [1.807, 2.05) is 18.2 Å². The zero-order chi connectivity index (χ0) is 13.0. The van der Waals surface area contributed by atoms with E-state index in [1.165, 1.54) is 5.56 Å². The standard InChI is InChI=1S/C15H18BrNO/c1-3-14(15-9-6-10-18-15)17-11(2)12-7-4-5-8-13(12)16/h4-11,14,17H,3H2,1-2H3/t11-,14?/m0/s1. The zero-order valence-electron chi connectivity index (χ0n) is 10.7. The van der Waals surface area contributed by atoms with Crippen LogP contribution in [0.5, 0.6) is 0 Å². The van der Waals surface area contributed by atoms with Crippen LogP contribution < -0.4 is 5.32 Å². The first-order valence-corrected chi connectivity index (χ1v) is 7.05. The summed E-state index contributed by atoms with van der Waals surface area (Å²) < 4.78 is 6.62. The molecule has 1 aromatic heterocycles. The van der Waals surface area contributed by atoms with Gasteiger partial charge in [-0.3, -0.25) is 0 Å². The molecule has 0 fully saturated rings. The molecule has 0 saturated carbocycles. The lowest BCUT2D eigenvalue weighted by Gasteiger charge is -2.21. The summed E-state index contributed by atoms with van der Waals surface area (Å²) in [6.07, 6.45) is 2.73. The number of rotatable bonds is 5. The Morgan fingerprint density at radius 3 is 2.61 bits per heavy atom. The van der Waals surface area contributed by atoms with Crippen molar-refractivity contribution in [1.29, 1.82) is 0 Å². The summed E-state index contributed by atoms with van der Waals surface area (Å²) in [6.45, 7) is 4.33. The summed E-state index contributed by atoms with van der Waals surface area (Å²) in [5.74, 6) is 0.997. The molecule has 0 saturated heterocycles. The Kier molecular flexibility index (Phi) is 4.61. The number of furan rings is 1. The van der Waals surface area contributed by atoms with Crippen LogP contribution in [0.2, 0.25) is 0 Å². The zero-order valence-corrected chi connectivity index (χ0v) is 12.3. The fraction of sp³-hybridized carbons (Fsp3) is 0.333. The minimum Gasteiger partial charge on any atom is -0.468 e. The summed E-state index contributed by atoms with van der Waals surface area (Å²) in [7, 11) is 0. The van der Waals surface area contributed by atoms with Gasteiger partial charge < -0.3 is 9.73 Å². The molecule has 1 N–H and O–H groups in total. The molecule has 0 spiro atoms. The predicted molar refractivity (Wildman–Crippen MR) is 77.4 cm³/mol. The molecule has 0 aliphatic rings. The highest BCUT2D eigenvalue weighted by atomic mass is 79.9. The first-order valence-electron chi connectivity index (χ1n) is 6.26. The third-order valence-corrected chi connectivity index (χ3v) is 3.84. The highest BCUT2D eigenvalue weighted by Crippen LogP contribution is 2.26. The minimum atomic E-state index is 0.252. The van der Waals surface area contributed by atoms with Crippen molar-refractivity contribution in [3.63, 3.8) is 0 Å². The lowest BCUT2D eigenvalue weighted by molar-refractivity contribution is 0.376. The third-order valence-electron chi connectivity index (χ3n) is 3.12.